The van der Waals surface area contributed by atoms with Gasteiger partial charge < -0.3 is 15.3 Å². The molecule has 1 saturated heterocycles. The smallest absolute Gasteiger partial charge is 0.0771 e. The van der Waals surface area contributed by atoms with Gasteiger partial charge in [0.2, 0.25) is 0 Å². The Bertz CT molecular complexity index is 422. The summed E-state index contributed by atoms with van der Waals surface area (Å²) in [6, 6.07) is 11.4. The molecule has 1 saturated carbocycles. The molecule has 2 fully saturated rings. The highest BCUT2D eigenvalue weighted by Gasteiger charge is 2.34. The normalized spacial score (nSPS) is 22.9. The minimum absolute atomic E-state index is 0.384. The lowest BCUT2D eigenvalue weighted by molar-refractivity contribution is -0.0345. The zero-order valence-electron chi connectivity index (χ0n) is 12.9. The van der Waals surface area contributed by atoms with Crippen LogP contribution in [0.1, 0.15) is 37.7 Å². The molecule has 2 N–H and O–H groups in total. The second kappa shape index (κ2) is 6.91. The first kappa shape index (κ1) is 15.0. The maximum absolute atomic E-state index is 10.1. The summed E-state index contributed by atoms with van der Waals surface area (Å²) in [7, 11) is 0. The van der Waals surface area contributed by atoms with E-state index < -0.39 is 0 Å². The van der Waals surface area contributed by atoms with E-state index in [2.05, 4.69) is 40.5 Å². The Kier molecular flexibility index (Phi) is 4.94. The fraction of sp³-hybridized carbons (Fsp3) is 0.667. The quantitative estimate of drug-likeness (QED) is 0.842. The molecule has 2 aliphatic rings. The summed E-state index contributed by atoms with van der Waals surface area (Å²) in [5.74, 6) is 0. The van der Waals surface area contributed by atoms with Crippen molar-refractivity contribution in [2.24, 2.45) is 0 Å². The Morgan fingerprint density at radius 3 is 2.48 bits per heavy atom. The van der Waals surface area contributed by atoms with E-state index in [0.717, 1.165) is 25.8 Å². The number of likely N-dealkylation sites (tertiary alicyclic amines) is 1. The minimum atomic E-state index is -0.384. The number of aliphatic hydroxyl groups is 1. The van der Waals surface area contributed by atoms with Crippen molar-refractivity contribution in [1.82, 2.24) is 10.2 Å². The topological polar surface area (TPSA) is 35.5 Å². The van der Waals surface area contributed by atoms with Gasteiger partial charge in [0.05, 0.1) is 5.60 Å². The van der Waals surface area contributed by atoms with Crippen molar-refractivity contribution in [1.29, 1.82) is 0 Å². The average molecular weight is 288 g/mol. The van der Waals surface area contributed by atoms with E-state index in [0.29, 0.717) is 6.04 Å². The van der Waals surface area contributed by atoms with Crippen LogP contribution in [0.25, 0.3) is 0 Å². The molecule has 0 aromatic heterocycles. The van der Waals surface area contributed by atoms with Crippen LogP contribution in [0, 0.1) is 0 Å². The number of piperidine rings is 1. The minimum Gasteiger partial charge on any atom is -0.389 e. The molecule has 1 heterocycles. The molecule has 3 rings (SSSR count). The third-order valence-corrected chi connectivity index (χ3v) is 5.15. The Hall–Kier alpha value is -0.900. The summed E-state index contributed by atoms with van der Waals surface area (Å²) in [6.07, 6.45) is 6.73. The number of rotatable bonds is 6. The van der Waals surface area contributed by atoms with Crippen molar-refractivity contribution >= 4 is 0 Å². The monoisotopic (exact) mass is 288 g/mol. The molecule has 0 atom stereocenters. The van der Waals surface area contributed by atoms with E-state index in [1.165, 1.54) is 44.5 Å². The van der Waals surface area contributed by atoms with Gasteiger partial charge in [0, 0.05) is 19.1 Å². The molecule has 0 unspecified atom stereocenters. The summed E-state index contributed by atoms with van der Waals surface area (Å²) >= 11 is 0. The van der Waals surface area contributed by atoms with Crippen molar-refractivity contribution in [3.05, 3.63) is 35.9 Å². The van der Waals surface area contributed by atoms with E-state index >= 15 is 0 Å². The largest absolute Gasteiger partial charge is 0.389 e. The number of hydrogen-bond donors (Lipinski definition) is 2. The number of benzene rings is 1. The number of nitrogens with one attached hydrogen (secondary N) is 1. The van der Waals surface area contributed by atoms with Gasteiger partial charge in [-0.25, -0.2) is 0 Å². The molecule has 3 nitrogen and oxygen atoms in total. The fourth-order valence-corrected chi connectivity index (χ4v) is 3.39. The molecule has 1 aromatic rings. The van der Waals surface area contributed by atoms with E-state index in [1.807, 2.05) is 0 Å². The molecule has 0 spiro atoms. The molecule has 1 aliphatic carbocycles. The summed E-state index contributed by atoms with van der Waals surface area (Å²) in [6.45, 7) is 4.33. The van der Waals surface area contributed by atoms with Gasteiger partial charge in [-0.1, -0.05) is 30.3 Å². The lowest BCUT2D eigenvalue weighted by atomic mass is 9.80. The zero-order valence-corrected chi connectivity index (χ0v) is 12.9. The molecule has 0 radical (unpaired) electrons. The van der Waals surface area contributed by atoms with E-state index in [1.54, 1.807) is 0 Å². The van der Waals surface area contributed by atoms with Crippen LogP contribution in [-0.2, 0) is 6.42 Å². The Morgan fingerprint density at radius 2 is 1.86 bits per heavy atom. The third-order valence-electron chi connectivity index (χ3n) is 5.15. The molecule has 0 amide bonds. The number of hydrogen-bond acceptors (Lipinski definition) is 3. The van der Waals surface area contributed by atoms with Crippen LogP contribution in [0.3, 0.4) is 0 Å². The van der Waals surface area contributed by atoms with Gasteiger partial charge in [-0.3, -0.25) is 0 Å². The highest BCUT2D eigenvalue weighted by molar-refractivity contribution is 5.14. The Balaban J connectivity index is 1.33. The zero-order chi connectivity index (χ0) is 14.5. The van der Waals surface area contributed by atoms with E-state index in [4.69, 9.17) is 0 Å². The van der Waals surface area contributed by atoms with Crippen LogP contribution >= 0.6 is 0 Å². The van der Waals surface area contributed by atoms with Gasteiger partial charge in [-0.15, -0.1) is 0 Å². The van der Waals surface area contributed by atoms with Crippen molar-refractivity contribution in [2.75, 3.05) is 26.2 Å². The van der Waals surface area contributed by atoms with Crippen LogP contribution < -0.4 is 5.32 Å². The second-order valence-electron chi connectivity index (χ2n) is 6.81. The molecule has 0 bridgehead atoms. The molecule has 116 valence electrons. The van der Waals surface area contributed by atoms with Crippen LogP contribution in [0.5, 0.6) is 0 Å². The van der Waals surface area contributed by atoms with Crippen molar-refractivity contribution in [3.8, 4) is 0 Å². The van der Waals surface area contributed by atoms with E-state index in [9.17, 15) is 5.11 Å². The van der Waals surface area contributed by atoms with Gasteiger partial charge in [0.1, 0.15) is 0 Å². The standard InChI is InChI=1S/C18H28N2O/c21-18(10-4-11-18)15-19-17-8-13-20(14-9-17)12-7-16-5-2-1-3-6-16/h1-3,5-6,17,19,21H,4,7-15H2. The summed E-state index contributed by atoms with van der Waals surface area (Å²) in [4.78, 5) is 2.57. The lowest BCUT2D eigenvalue weighted by Crippen LogP contribution is -2.51. The molecule has 1 aromatic carbocycles. The van der Waals surface area contributed by atoms with Gasteiger partial charge in [0.25, 0.3) is 0 Å². The van der Waals surface area contributed by atoms with Crippen LogP contribution in [0.2, 0.25) is 0 Å². The van der Waals surface area contributed by atoms with Crippen molar-refractivity contribution in [3.63, 3.8) is 0 Å². The van der Waals surface area contributed by atoms with Gasteiger partial charge in [-0.2, -0.15) is 0 Å². The van der Waals surface area contributed by atoms with Gasteiger partial charge in [0.15, 0.2) is 0 Å². The maximum atomic E-state index is 10.1. The highest BCUT2D eigenvalue weighted by Crippen LogP contribution is 2.31. The highest BCUT2D eigenvalue weighted by atomic mass is 16.3. The second-order valence-corrected chi connectivity index (χ2v) is 6.81. The lowest BCUT2D eigenvalue weighted by Gasteiger charge is -2.39. The molecule has 1 aliphatic heterocycles. The van der Waals surface area contributed by atoms with Crippen LogP contribution in [0.4, 0.5) is 0 Å². The predicted molar refractivity (Wildman–Crippen MR) is 86.4 cm³/mol. The third kappa shape index (κ3) is 4.29. The van der Waals surface area contributed by atoms with E-state index in [-0.39, 0.29) is 5.60 Å². The molecular formula is C18H28N2O. The first-order valence-corrected chi connectivity index (χ1v) is 8.46. The van der Waals surface area contributed by atoms with Crippen LogP contribution in [0.15, 0.2) is 30.3 Å². The summed E-state index contributed by atoms with van der Waals surface area (Å²) in [5.41, 5.74) is 1.05. The molecule has 21 heavy (non-hydrogen) atoms. The fourth-order valence-electron chi connectivity index (χ4n) is 3.39. The van der Waals surface area contributed by atoms with Crippen molar-refractivity contribution < 1.29 is 5.11 Å². The SMILES string of the molecule is OC1(CNC2CCN(CCc3ccccc3)CC2)CCC1. The maximum Gasteiger partial charge on any atom is 0.0771 e. The van der Waals surface area contributed by atoms with Gasteiger partial charge >= 0.3 is 0 Å². The molecular weight excluding hydrogens is 260 g/mol. The summed E-state index contributed by atoms with van der Waals surface area (Å²) < 4.78 is 0. The Labute approximate surface area is 128 Å². The first-order valence-electron chi connectivity index (χ1n) is 8.46. The van der Waals surface area contributed by atoms with Crippen LogP contribution in [-0.4, -0.2) is 47.8 Å². The summed E-state index contributed by atoms with van der Waals surface area (Å²) in [5, 5.41) is 13.7. The first-order chi connectivity index (χ1) is 10.2. The molecule has 3 heteroatoms. The Morgan fingerprint density at radius 1 is 1.14 bits per heavy atom. The van der Waals surface area contributed by atoms with Gasteiger partial charge in [-0.05, 0) is 57.2 Å². The van der Waals surface area contributed by atoms with Crippen molar-refractivity contribution in [2.45, 2.75) is 50.2 Å². The predicted octanol–water partition coefficient (Wildman–Crippen LogP) is 2.20. The average Bonchev–Trinajstić information content (AvgIpc) is 2.51. The number of nitrogens with zero attached hydrogens (tertiary/aromatic N) is 1.